The predicted molar refractivity (Wildman–Crippen MR) is 100.0 cm³/mol. The van der Waals surface area contributed by atoms with Crippen LogP contribution in [0.5, 0.6) is 0 Å². The van der Waals surface area contributed by atoms with Crippen molar-refractivity contribution < 1.29 is 8.42 Å². The van der Waals surface area contributed by atoms with Crippen molar-refractivity contribution in [3.05, 3.63) is 71.8 Å². The fourth-order valence-corrected chi connectivity index (χ4v) is 4.08. The molecule has 0 amide bonds. The number of para-hydroxylation sites is 1. The summed E-state index contributed by atoms with van der Waals surface area (Å²) in [6.45, 7) is 4.06. The zero-order valence-corrected chi connectivity index (χ0v) is 14.7. The van der Waals surface area contributed by atoms with Crippen LogP contribution < -0.4 is 4.72 Å². The van der Waals surface area contributed by atoms with E-state index in [1.54, 1.807) is 12.1 Å². The van der Waals surface area contributed by atoms with Gasteiger partial charge in [-0.2, -0.15) is 0 Å². The van der Waals surface area contributed by atoms with Gasteiger partial charge < -0.3 is 0 Å². The smallest absolute Gasteiger partial charge is 0.261 e. The van der Waals surface area contributed by atoms with Crippen molar-refractivity contribution in [3.63, 3.8) is 0 Å². The third-order valence-electron chi connectivity index (χ3n) is 4.27. The molecule has 0 saturated carbocycles. The lowest BCUT2D eigenvalue weighted by Gasteiger charge is -2.16. The molecule has 0 unspecified atom stereocenters. The van der Waals surface area contributed by atoms with Gasteiger partial charge >= 0.3 is 0 Å². The second kappa shape index (κ2) is 6.65. The van der Waals surface area contributed by atoms with Crippen molar-refractivity contribution in [3.8, 4) is 0 Å². The van der Waals surface area contributed by atoms with E-state index in [1.165, 1.54) is 0 Å². The topological polar surface area (TPSA) is 46.2 Å². The van der Waals surface area contributed by atoms with Gasteiger partial charge in [-0.15, -0.1) is 0 Å². The molecule has 4 heteroatoms. The summed E-state index contributed by atoms with van der Waals surface area (Å²) < 4.78 is 28.6. The van der Waals surface area contributed by atoms with Gasteiger partial charge in [-0.1, -0.05) is 62.4 Å². The van der Waals surface area contributed by atoms with E-state index in [4.69, 9.17) is 0 Å². The van der Waals surface area contributed by atoms with Gasteiger partial charge in [-0.3, -0.25) is 4.72 Å². The van der Waals surface area contributed by atoms with Gasteiger partial charge in [-0.25, -0.2) is 8.42 Å². The molecule has 0 aliphatic carbocycles. The van der Waals surface area contributed by atoms with Crippen LogP contribution in [0.4, 0.5) is 5.69 Å². The van der Waals surface area contributed by atoms with Gasteiger partial charge in [0.2, 0.25) is 0 Å². The minimum atomic E-state index is -3.62. The standard InChI is InChI=1S/C20H21NO2S/c1-3-15-10-7-11-16(4-2)20(15)21-24(22,23)19-13-12-17-8-5-6-9-18(17)14-19/h5-14,21H,3-4H2,1-2H3. The van der Waals surface area contributed by atoms with Gasteiger partial charge in [-0.05, 0) is 46.9 Å². The fraction of sp³-hybridized carbons (Fsp3) is 0.200. The molecule has 24 heavy (non-hydrogen) atoms. The summed E-state index contributed by atoms with van der Waals surface area (Å²) >= 11 is 0. The Morgan fingerprint density at radius 1 is 0.792 bits per heavy atom. The van der Waals surface area contributed by atoms with E-state index >= 15 is 0 Å². The van der Waals surface area contributed by atoms with Crippen molar-refractivity contribution in [1.82, 2.24) is 0 Å². The molecule has 0 saturated heterocycles. The van der Waals surface area contributed by atoms with Crippen LogP contribution in [-0.4, -0.2) is 8.42 Å². The van der Waals surface area contributed by atoms with E-state index in [0.717, 1.165) is 40.4 Å². The molecule has 0 atom stereocenters. The molecule has 0 aliphatic heterocycles. The Morgan fingerprint density at radius 2 is 1.42 bits per heavy atom. The van der Waals surface area contributed by atoms with Crippen LogP contribution in [0.2, 0.25) is 0 Å². The maximum Gasteiger partial charge on any atom is 0.261 e. The van der Waals surface area contributed by atoms with Crippen LogP contribution in [0, 0.1) is 0 Å². The third kappa shape index (κ3) is 3.15. The molecule has 0 bridgehead atoms. The van der Waals surface area contributed by atoms with Gasteiger partial charge in [0.05, 0.1) is 10.6 Å². The van der Waals surface area contributed by atoms with Crippen molar-refractivity contribution in [2.75, 3.05) is 4.72 Å². The number of benzene rings is 3. The van der Waals surface area contributed by atoms with Crippen LogP contribution in [0.3, 0.4) is 0 Å². The lowest BCUT2D eigenvalue weighted by atomic mass is 10.0. The van der Waals surface area contributed by atoms with Crippen molar-refractivity contribution in [2.45, 2.75) is 31.6 Å². The summed E-state index contributed by atoms with van der Waals surface area (Å²) in [5, 5.41) is 1.94. The maximum atomic E-state index is 12.9. The largest absolute Gasteiger partial charge is 0.279 e. The third-order valence-corrected chi connectivity index (χ3v) is 5.61. The van der Waals surface area contributed by atoms with E-state index < -0.39 is 10.0 Å². The molecule has 124 valence electrons. The Hall–Kier alpha value is -2.33. The first kappa shape index (κ1) is 16.5. The Balaban J connectivity index is 2.05. The molecule has 3 aromatic rings. The molecular weight excluding hydrogens is 318 g/mol. The second-order valence-electron chi connectivity index (χ2n) is 5.77. The highest BCUT2D eigenvalue weighted by Crippen LogP contribution is 2.27. The summed E-state index contributed by atoms with van der Waals surface area (Å²) in [7, 11) is -3.62. The molecule has 0 radical (unpaired) electrons. The van der Waals surface area contributed by atoms with Crippen molar-refractivity contribution in [1.29, 1.82) is 0 Å². The van der Waals surface area contributed by atoms with Crippen molar-refractivity contribution in [2.24, 2.45) is 0 Å². The lowest BCUT2D eigenvalue weighted by molar-refractivity contribution is 0.601. The number of rotatable bonds is 5. The van der Waals surface area contributed by atoms with Crippen molar-refractivity contribution >= 4 is 26.5 Å². The molecular formula is C20H21NO2S. The first-order valence-electron chi connectivity index (χ1n) is 8.17. The summed E-state index contributed by atoms with van der Waals surface area (Å²) in [5.74, 6) is 0. The lowest BCUT2D eigenvalue weighted by Crippen LogP contribution is -2.15. The van der Waals surface area contributed by atoms with Crippen LogP contribution in [-0.2, 0) is 22.9 Å². The minimum absolute atomic E-state index is 0.286. The zero-order valence-electron chi connectivity index (χ0n) is 13.9. The number of sulfonamides is 1. The van der Waals surface area contributed by atoms with E-state index in [1.807, 2.05) is 62.4 Å². The van der Waals surface area contributed by atoms with Gasteiger partial charge in [0, 0.05) is 0 Å². The average molecular weight is 339 g/mol. The minimum Gasteiger partial charge on any atom is -0.279 e. The highest BCUT2D eigenvalue weighted by atomic mass is 32.2. The van der Waals surface area contributed by atoms with E-state index in [2.05, 4.69) is 4.72 Å². The normalized spacial score (nSPS) is 11.6. The Bertz CT molecular complexity index is 956. The first-order chi connectivity index (χ1) is 11.5. The van der Waals surface area contributed by atoms with Crippen LogP contribution in [0.15, 0.2) is 65.6 Å². The van der Waals surface area contributed by atoms with E-state index in [-0.39, 0.29) is 4.90 Å². The Morgan fingerprint density at radius 3 is 2.04 bits per heavy atom. The Labute approximate surface area is 143 Å². The fourth-order valence-electron chi connectivity index (χ4n) is 2.90. The molecule has 0 aliphatic rings. The van der Waals surface area contributed by atoms with E-state index in [9.17, 15) is 8.42 Å². The molecule has 0 aromatic heterocycles. The number of nitrogens with one attached hydrogen (secondary N) is 1. The number of aryl methyl sites for hydroxylation is 2. The summed E-state index contributed by atoms with van der Waals surface area (Å²) in [6, 6.07) is 18.9. The average Bonchev–Trinajstić information content (AvgIpc) is 2.61. The summed E-state index contributed by atoms with van der Waals surface area (Å²) in [4.78, 5) is 0.286. The van der Waals surface area contributed by atoms with Crippen LogP contribution in [0.25, 0.3) is 10.8 Å². The Kier molecular flexibility index (Phi) is 4.58. The van der Waals surface area contributed by atoms with Crippen LogP contribution >= 0.6 is 0 Å². The highest BCUT2D eigenvalue weighted by molar-refractivity contribution is 7.92. The molecule has 0 heterocycles. The number of hydrogen-bond donors (Lipinski definition) is 1. The molecule has 0 fully saturated rings. The number of anilines is 1. The molecule has 0 spiro atoms. The van der Waals surface area contributed by atoms with Gasteiger partial charge in [0.15, 0.2) is 0 Å². The van der Waals surface area contributed by atoms with Crippen LogP contribution in [0.1, 0.15) is 25.0 Å². The molecule has 3 rings (SSSR count). The summed E-state index contributed by atoms with van der Waals surface area (Å²) in [6.07, 6.45) is 1.56. The quantitative estimate of drug-likeness (QED) is 0.728. The second-order valence-corrected chi connectivity index (χ2v) is 7.46. The predicted octanol–water partition coefficient (Wildman–Crippen LogP) is 4.77. The van der Waals surface area contributed by atoms with E-state index in [0.29, 0.717) is 0 Å². The summed E-state index contributed by atoms with van der Waals surface area (Å²) in [5.41, 5.74) is 2.74. The maximum absolute atomic E-state index is 12.9. The van der Waals surface area contributed by atoms with Gasteiger partial charge in [0.25, 0.3) is 10.0 Å². The first-order valence-corrected chi connectivity index (χ1v) is 9.66. The number of fused-ring (bicyclic) bond motifs is 1. The highest BCUT2D eigenvalue weighted by Gasteiger charge is 2.18. The number of hydrogen-bond acceptors (Lipinski definition) is 2. The monoisotopic (exact) mass is 339 g/mol. The molecule has 3 nitrogen and oxygen atoms in total. The molecule has 3 aromatic carbocycles. The zero-order chi connectivity index (χ0) is 17.2. The van der Waals surface area contributed by atoms with Gasteiger partial charge in [0.1, 0.15) is 0 Å². The SMILES string of the molecule is CCc1cccc(CC)c1NS(=O)(=O)c1ccc2ccccc2c1. The molecule has 1 N–H and O–H groups in total.